The van der Waals surface area contributed by atoms with E-state index in [-0.39, 0.29) is 21.1 Å². The Bertz CT molecular complexity index is 1710. The Morgan fingerprint density at radius 2 is 1.51 bits per heavy atom. The molecule has 0 aliphatic heterocycles. The van der Waals surface area contributed by atoms with E-state index in [1.165, 1.54) is 6.08 Å². The van der Waals surface area contributed by atoms with Crippen LogP contribution >= 0.6 is 0 Å². The fourth-order valence-corrected chi connectivity index (χ4v) is 5.75. The second-order valence-corrected chi connectivity index (χ2v) is 10.5. The largest absolute Gasteiger partial charge is 0.309 e. The van der Waals surface area contributed by atoms with Crippen LogP contribution in [-0.2, 0) is 21.2 Å². The van der Waals surface area contributed by atoms with Gasteiger partial charge < -0.3 is 9.88 Å². The van der Waals surface area contributed by atoms with Crippen molar-refractivity contribution in [2.24, 2.45) is 0 Å². The van der Waals surface area contributed by atoms with E-state index in [4.69, 9.17) is 9.97 Å². The van der Waals surface area contributed by atoms with Crippen molar-refractivity contribution in [1.82, 2.24) is 14.5 Å². The fraction of sp³-hybridized carbons (Fsp3) is 0.138. The summed E-state index contributed by atoms with van der Waals surface area (Å²) >= 11 is 0. The molecule has 0 radical (unpaired) electrons. The zero-order chi connectivity index (χ0) is 25.8. The van der Waals surface area contributed by atoms with Gasteiger partial charge in [-0.3, -0.25) is 4.79 Å². The van der Waals surface area contributed by atoms with Gasteiger partial charge >= 0.3 is 0 Å². The van der Waals surface area contributed by atoms with Crippen LogP contribution in [0.1, 0.15) is 25.3 Å². The summed E-state index contributed by atoms with van der Waals surface area (Å²) in [6.45, 7) is 2.53. The molecule has 0 bridgehead atoms. The first-order valence-electron chi connectivity index (χ1n) is 12.1. The molecule has 0 spiro atoms. The molecule has 186 valence electrons. The summed E-state index contributed by atoms with van der Waals surface area (Å²) in [5, 5.41) is 2.86. The number of rotatable bonds is 8. The minimum absolute atomic E-state index is 0.0514. The lowest BCUT2D eigenvalue weighted by Gasteiger charge is -2.12. The first-order chi connectivity index (χ1) is 18.0. The number of nitrogens with zero attached hydrogens (tertiary/aromatic N) is 3. The Labute approximate surface area is 215 Å². The number of benzene rings is 3. The summed E-state index contributed by atoms with van der Waals surface area (Å²) in [6.07, 6.45) is 4.73. The van der Waals surface area contributed by atoms with Crippen LogP contribution in [0.2, 0.25) is 0 Å². The Hall–Kier alpha value is -4.30. The maximum absolute atomic E-state index is 14.0. The summed E-state index contributed by atoms with van der Waals surface area (Å²) in [7, 11) is -4.04. The lowest BCUT2D eigenvalue weighted by atomic mass is 10.2. The maximum Gasteiger partial charge on any atom is 0.249 e. The van der Waals surface area contributed by atoms with E-state index < -0.39 is 15.7 Å². The number of hydrogen-bond acceptors (Lipinski definition) is 5. The second kappa shape index (κ2) is 10.4. The highest BCUT2D eigenvalue weighted by molar-refractivity contribution is 7.92. The van der Waals surface area contributed by atoms with Gasteiger partial charge in [-0.2, -0.15) is 0 Å². The molecule has 0 saturated heterocycles. The van der Waals surface area contributed by atoms with E-state index in [1.54, 1.807) is 47.0 Å². The highest BCUT2D eigenvalue weighted by atomic mass is 32.2. The van der Waals surface area contributed by atoms with Crippen molar-refractivity contribution in [3.63, 3.8) is 0 Å². The van der Waals surface area contributed by atoms with E-state index in [1.807, 2.05) is 48.5 Å². The zero-order valence-corrected chi connectivity index (χ0v) is 21.2. The first kappa shape index (κ1) is 24.4. The average Bonchev–Trinajstić information content (AvgIpc) is 3.22. The van der Waals surface area contributed by atoms with Crippen LogP contribution in [0.4, 0.5) is 5.82 Å². The number of sulfone groups is 1. The molecule has 7 nitrogen and oxygen atoms in total. The first-order valence-corrected chi connectivity index (χ1v) is 13.6. The van der Waals surface area contributed by atoms with E-state index in [0.717, 1.165) is 18.4 Å². The van der Waals surface area contributed by atoms with Crippen molar-refractivity contribution in [3.05, 3.63) is 96.6 Å². The summed E-state index contributed by atoms with van der Waals surface area (Å²) < 4.78 is 29.8. The molecule has 1 amide bonds. The van der Waals surface area contributed by atoms with Gasteiger partial charge in [-0.05, 0) is 42.3 Å². The standard InChI is InChI=1S/C29H26N4O3S/c1-2-3-20-33-28-26(30-23-16-10-11-17-24(23)31-28)27(37(35,36)22-14-8-5-9-15-22)29(33)32-25(34)19-18-21-12-6-4-7-13-21/h4-19H,2-3,20H2,1H3,(H,32,34). The quantitative estimate of drug-likeness (QED) is 0.264. The van der Waals surface area contributed by atoms with Crippen LogP contribution in [0, 0.1) is 0 Å². The Kier molecular flexibility index (Phi) is 6.83. The van der Waals surface area contributed by atoms with Gasteiger partial charge in [0, 0.05) is 12.6 Å². The number of aryl methyl sites for hydroxylation is 1. The SMILES string of the molecule is CCCCn1c(NC(=O)C=Cc2ccccc2)c(S(=O)(=O)c2ccccc2)c2nc3ccccc3nc21. The monoisotopic (exact) mass is 510 g/mol. The summed E-state index contributed by atoms with van der Waals surface area (Å²) in [5.74, 6) is -0.274. The van der Waals surface area contributed by atoms with Crippen molar-refractivity contribution in [3.8, 4) is 0 Å². The molecule has 0 saturated carbocycles. The Morgan fingerprint density at radius 3 is 2.19 bits per heavy atom. The number of carbonyl (C=O) groups excluding carboxylic acids is 1. The molecular formula is C29H26N4O3S. The fourth-order valence-electron chi connectivity index (χ4n) is 4.20. The van der Waals surface area contributed by atoms with Crippen molar-refractivity contribution < 1.29 is 13.2 Å². The topological polar surface area (TPSA) is 94.0 Å². The molecule has 1 N–H and O–H groups in total. The van der Waals surface area contributed by atoms with E-state index in [2.05, 4.69) is 12.2 Å². The molecule has 37 heavy (non-hydrogen) atoms. The lowest BCUT2D eigenvalue weighted by molar-refractivity contribution is -0.111. The number of hydrogen-bond donors (Lipinski definition) is 1. The molecule has 0 unspecified atom stereocenters. The van der Waals surface area contributed by atoms with Gasteiger partial charge in [-0.15, -0.1) is 0 Å². The summed E-state index contributed by atoms with van der Waals surface area (Å²) in [6, 6.07) is 24.9. The minimum Gasteiger partial charge on any atom is -0.309 e. The Morgan fingerprint density at radius 1 is 0.892 bits per heavy atom. The molecule has 0 atom stereocenters. The number of aromatic nitrogens is 3. The van der Waals surface area contributed by atoms with Gasteiger partial charge in [0.2, 0.25) is 15.7 Å². The molecule has 2 heterocycles. The molecular weight excluding hydrogens is 484 g/mol. The summed E-state index contributed by atoms with van der Waals surface area (Å²) in [4.78, 5) is 22.7. The van der Waals surface area contributed by atoms with Crippen LogP contribution in [0.25, 0.3) is 28.3 Å². The Balaban J connectivity index is 1.73. The van der Waals surface area contributed by atoms with Gasteiger partial charge in [0.1, 0.15) is 16.2 Å². The van der Waals surface area contributed by atoms with E-state index in [0.29, 0.717) is 23.2 Å². The average molecular weight is 511 g/mol. The number of nitrogens with one attached hydrogen (secondary N) is 1. The smallest absolute Gasteiger partial charge is 0.249 e. The predicted molar refractivity (Wildman–Crippen MR) is 146 cm³/mol. The highest BCUT2D eigenvalue weighted by Gasteiger charge is 2.32. The molecule has 5 aromatic rings. The third-order valence-corrected chi connectivity index (χ3v) is 7.85. The van der Waals surface area contributed by atoms with Gasteiger partial charge in [0.15, 0.2) is 5.65 Å². The predicted octanol–water partition coefficient (Wildman–Crippen LogP) is 5.87. The molecule has 3 aromatic carbocycles. The third kappa shape index (κ3) is 4.88. The van der Waals surface area contributed by atoms with Gasteiger partial charge in [-0.1, -0.05) is 74.0 Å². The zero-order valence-electron chi connectivity index (χ0n) is 20.3. The van der Waals surface area contributed by atoms with Crippen molar-refractivity contribution in [2.75, 3.05) is 5.32 Å². The lowest BCUT2D eigenvalue weighted by Crippen LogP contribution is -2.16. The van der Waals surface area contributed by atoms with Crippen LogP contribution < -0.4 is 5.32 Å². The van der Waals surface area contributed by atoms with Gasteiger partial charge in [-0.25, -0.2) is 18.4 Å². The van der Waals surface area contributed by atoms with Crippen molar-refractivity contribution in [1.29, 1.82) is 0 Å². The van der Waals surface area contributed by atoms with Crippen molar-refractivity contribution >= 4 is 49.8 Å². The van der Waals surface area contributed by atoms with Crippen LogP contribution in [-0.4, -0.2) is 28.9 Å². The molecule has 8 heteroatoms. The molecule has 0 fully saturated rings. The van der Waals surface area contributed by atoms with Crippen LogP contribution in [0.15, 0.2) is 101 Å². The molecule has 0 aliphatic carbocycles. The molecule has 2 aromatic heterocycles. The number of unbranched alkanes of at least 4 members (excludes halogenated alkanes) is 1. The van der Waals surface area contributed by atoms with E-state index in [9.17, 15) is 13.2 Å². The highest BCUT2D eigenvalue weighted by Crippen LogP contribution is 2.37. The number of fused-ring (bicyclic) bond motifs is 2. The number of anilines is 1. The van der Waals surface area contributed by atoms with Crippen LogP contribution in [0.5, 0.6) is 0 Å². The van der Waals surface area contributed by atoms with Gasteiger partial charge in [0.05, 0.1) is 15.9 Å². The van der Waals surface area contributed by atoms with Crippen LogP contribution in [0.3, 0.4) is 0 Å². The van der Waals surface area contributed by atoms with Crippen molar-refractivity contribution in [2.45, 2.75) is 36.1 Å². The molecule has 0 aliphatic rings. The number of carbonyl (C=O) groups is 1. The third-order valence-electron chi connectivity index (χ3n) is 6.03. The normalized spacial score (nSPS) is 11.9. The second-order valence-electron chi connectivity index (χ2n) is 8.62. The summed E-state index contributed by atoms with van der Waals surface area (Å²) in [5.41, 5.74) is 2.74. The molecule has 5 rings (SSSR count). The number of para-hydroxylation sites is 2. The number of amides is 1. The van der Waals surface area contributed by atoms with E-state index >= 15 is 0 Å². The van der Waals surface area contributed by atoms with Gasteiger partial charge in [0.25, 0.3) is 0 Å². The minimum atomic E-state index is -4.04. The maximum atomic E-state index is 14.0.